The van der Waals surface area contributed by atoms with Crippen LogP contribution in [-0.4, -0.2) is 72.1 Å². The van der Waals surface area contributed by atoms with Gasteiger partial charge in [0.2, 0.25) is 0 Å². The zero-order chi connectivity index (χ0) is 17.1. The number of hydrogen-bond donors (Lipinski definition) is 0. The second-order valence-corrected chi connectivity index (χ2v) is 5.71. The maximum atomic E-state index is 11.8. The first-order chi connectivity index (χ1) is 11.5. The molecule has 3 rings (SSSR count). The van der Waals surface area contributed by atoms with Gasteiger partial charge in [-0.15, -0.1) is 0 Å². The van der Waals surface area contributed by atoms with Crippen LogP contribution >= 0.6 is 0 Å². The SMILES string of the molecule is CC1CN(CC2CN(/N=C/c3ccc([N+](=O)[O-])o3)C(=O)O2)CCO1. The van der Waals surface area contributed by atoms with Gasteiger partial charge >= 0.3 is 12.0 Å². The van der Waals surface area contributed by atoms with Gasteiger partial charge in [0.1, 0.15) is 11.0 Å². The Bertz CT molecular complexity index is 645. The van der Waals surface area contributed by atoms with Crippen molar-refractivity contribution in [3.8, 4) is 0 Å². The summed E-state index contributed by atoms with van der Waals surface area (Å²) in [6.07, 6.45) is 0.609. The van der Waals surface area contributed by atoms with Crippen LogP contribution in [0.5, 0.6) is 0 Å². The van der Waals surface area contributed by atoms with Crippen molar-refractivity contribution in [2.75, 3.05) is 32.8 Å². The lowest BCUT2D eigenvalue weighted by Crippen LogP contribution is -2.45. The summed E-state index contributed by atoms with van der Waals surface area (Å²) in [5.74, 6) is -0.181. The van der Waals surface area contributed by atoms with E-state index in [0.29, 0.717) is 19.7 Å². The highest BCUT2D eigenvalue weighted by atomic mass is 16.6. The summed E-state index contributed by atoms with van der Waals surface area (Å²) in [5.41, 5.74) is 0. The monoisotopic (exact) mass is 338 g/mol. The Kier molecular flexibility index (Phi) is 4.76. The molecule has 0 spiro atoms. The van der Waals surface area contributed by atoms with Crippen LogP contribution in [0.4, 0.5) is 10.7 Å². The second kappa shape index (κ2) is 6.97. The lowest BCUT2D eigenvalue weighted by molar-refractivity contribution is -0.402. The summed E-state index contributed by atoms with van der Waals surface area (Å²) in [6, 6.07) is 2.64. The zero-order valence-electron chi connectivity index (χ0n) is 13.2. The van der Waals surface area contributed by atoms with E-state index >= 15 is 0 Å². The van der Waals surface area contributed by atoms with E-state index in [2.05, 4.69) is 10.0 Å². The quantitative estimate of drug-likeness (QED) is 0.448. The number of amides is 1. The number of cyclic esters (lactones) is 1. The summed E-state index contributed by atoms with van der Waals surface area (Å²) in [4.78, 5) is 23.9. The molecule has 0 N–H and O–H groups in total. The minimum atomic E-state index is -0.638. The summed E-state index contributed by atoms with van der Waals surface area (Å²) in [7, 11) is 0. The average Bonchev–Trinajstić information content (AvgIpc) is 3.12. The molecule has 2 aliphatic heterocycles. The molecule has 2 saturated heterocycles. The molecule has 2 unspecified atom stereocenters. The molecule has 2 atom stereocenters. The van der Waals surface area contributed by atoms with Gasteiger partial charge in [-0.1, -0.05) is 0 Å². The lowest BCUT2D eigenvalue weighted by atomic mass is 10.2. The maximum absolute atomic E-state index is 11.8. The van der Waals surface area contributed by atoms with Crippen molar-refractivity contribution < 1.29 is 23.6 Å². The molecule has 130 valence electrons. The highest BCUT2D eigenvalue weighted by Gasteiger charge is 2.33. The summed E-state index contributed by atoms with van der Waals surface area (Å²) < 4.78 is 15.7. The third-order valence-electron chi connectivity index (χ3n) is 3.76. The molecule has 1 amide bonds. The molecule has 1 aromatic heterocycles. The number of hydrogen-bond acceptors (Lipinski definition) is 8. The molecular weight excluding hydrogens is 320 g/mol. The number of carbonyl (C=O) groups is 1. The van der Waals surface area contributed by atoms with Crippen molar-refractivity contribution in [1.82, 2.24) is 9.91 Å². The van der Waals surface area contributed by atoms with Gasteiger partial charge in [0.05, 0.1) is 31.5 Å². The second-order valence-electron chi connectivity index (χ2n) is 5.71. The molecule has 0 radical (unpaired) electrons. The smallest absolute Gasteiger partial charge is 0.433 e. The summed E-state index contributed by atoms with van der Waals surface area (Å²) in [5, 5.41) is 15.7. The largest absolute Gasteiger partial charge is 0.441 e. The van der Waals surface area contributed by atoms with E-state index in [1.807, 2.05) is 6.92 Å². The number of carbonyl (C=O) groups excluding carboxylic acids is 1. The van der Waals surface area contributed by atoms with Crippen molar-refractivity contribution in [3.63, 3.8) is 0 Å². The van der Waals surface area contributed by atoms with Gasteiger partial charge in [-0.2, -0.15) is 10.1 Å². The van der Waals surface area contributed by atoms with Crippen LogP contribution in [0.25, 0.3) is 0 Å². The molecule has 0 bridgehead atoms. The number of rotatable bonds is 5. The van der Waals surface area contributed by atoms with Crippen LogP contribution in [0, 0.1) is 10.1 Å². The Hall–Kier alpha value is -2.46. The molecular formula is C14H18N4O6. The van der Waals surface area contributed by atoms with E-state index in [-0.39, 0.29) is 23.9 Å². The van der Waals surface area contributed by atoms with E-state index < -0.39 is 11.0 Å². The molecule has 3 heterocycles. The van der Waals surface area contributed by atoms with Crippen LogP contribution in [-0.2, 0) is 9.47 Å². The number of furan rings is 1. The molecule has 24 heavy (non-hydrogen) atoms. The fourth-order valence-electron chi connectivity index (χ4n) is 2.68. The van der Waals surface area contributed by atoms with E-state index in [1.54, 1.807) is 0 Å². The van der Waals surface area contributed by atoms with Crippen molar-refractivity contribution in [2.24, 2.45) is 5.10 Å². The normalized spacial score (nSPS) is 25.4. The van der Waals surface area contributed by atoms with Gasteiger partial charge in [0, 0.05) is 19.6 Å². The topological polar surface area (TPSA) is 111 Å². The fraction of sp³-hybridized carbons (Fsp3) is 0.571. The standard InChI is InChI=1S/C14H18N4O6/c1-10-7-16(4-5-22-10)8-12-9-17(14(19)24-12)15-6-11-2-3-13(23-11)18(20)21/h2-3,6,10,12H,4-5,7-9H2,1H3/b15-6+. The Balaban J connectivity index is 1.54. The number of hydrazone groups is 1. The molecule has 0 aliphatic carbocycles. The molecule has 2 fully saturated rings. The average molecular weight is 338 g/mol. The molecule has 1 aromatic rings. The third kappa shape index (κ3) is 3.89. The molecule has 10 nitrogen and oxygen atoms in total. The van der Waals surface area contributed by atoms with Crippen LogP contribution in [0.3, 0.4) is 0 Å². The Labute approximate surface area is 137 Å². The maximum Gasteiger partial charge on any atom is 0.433 e. The first-order valence-corrected chi connectivity index (χ1v) is 7.61. The summed E-state index contributed by atoms with van der Waals surface area (Å²) >= 11 is 0. The number of nitro groups is 1. The number of nitrogens with zero attached hydrogens (tertiary/aromatic N) is 4. The zero-order valence-corrected chi connectivity index (χ0v) is 13.2. The van der Waals surface area contributed by atoms with E-state index in [0.717, 1.165) is 13.1 Å². The number of morpholine rings is 1. The van der Waals surface area contributed by atoms with E-state index in [1.165, 1.54) is 23.4 Å². The van der Waals surface area contributed by atoms with Gasteiger partial charge in [0.25, 0.3) is 0 Å². The van der Waals surface area contributed by atoms with Crippen molar-refractivity contribution in [1.29, 1.82) is 0 Å². The fourth-order valence-corrected chi connectivity index (χ4v) is 2.68. The Morgan fingerprint density at radius 3 is 3.00 bits per heavy atom. The van der Waals surface area contributed by atoms with Crippen LogP contribution < -0.4 is 0 Å². The first kappa shape index (κ1) is 16.4. The predicted octanol–water partition coefficient (Wildman–Crippen LogP) is 1.06. The predicted molar refractivity (Wildman–Crippen MR) is 81.8 cm³/mol. The van der Waals surface area contributed by atoms with Crippen molar-refractivity contribution in [3.05, 3.63) is 28.0 Å². The van der Waals surface area contributed by atoms with Gasteiger partial charge in [-0.05, 0) is 13.0 Å². The Morgan fingerprint density at radius 2 is 2.29 bits per heavy atom. The third-order valence-corrected chi connectivity index (χ3v) is 3.76. The van der Waals surface area contributed by atoms with E-state index in [9.17, 15) is 14.9 Å². The van der Waals surface area contributed by atoms with Gasteiger partial charge in [0.15, 0.2) is 5.76 Å². The minimum absolute atomic E-state index is 0.166. The first-order valence-electron chi connectivity index (χ1n) is 7.61. The Morgan fingerprint density at radius 1 is 1.46 bits per heavy atom. The highest BCUT2D eigenvalue weighted by molar-refractivity contribution is 5.78. The van der Waals surface area contributed by atoms with Crippen LogP contribution in [0.2, 0.25) is 0 Å². The minimum Gasteiger partial charge on any atom is -0.441 e. The molecule has 10 heteroatoms. The molecule has 0 aromatic carbocycles. The van der Waals surface area contributed by atoms with Crippen LogP contribution in [0.15, 0.2) is 21.7 Å². The highest BCUT2D eigenvalue weighted by Crippen LogP contribution is 2.17. The van der Waals surface area contributed by atoms with Crippen molar-refractivity contribution in [2.45, 2.75) is 19.1 Å². The van der Waals surface area contributed by atoms with Gasteiger partial charge in [-0.25, -0.2) is 4.79 Å². The lowest BCUT2D eigenvalue weighted by Gasteiger charge is -2.31. The summed E-state index contributed by atoms with van der Waals surface area (Å²) in [6.45, 7) is 5.22. The van der Waals surface area contributed by atoms with Crippen LogP contribution in [0.1, 0.15) is 12.7 Å². The van der Waals surface area contributed by atoms with Gasteiger partial charge in [-0.3, -0.25) is 15.0 Å². The van der Waals surface area contributed by atoms with E-state index in [4.69, 9.17) is 13.9 Å². The number of ether oxygens (including phenoxy) is 2. The van der Waals surface area contributed by atoms with Crippen molar-refractivity contribution >= 4 is 18.2 Å². The molecule has 0 saturated carbocycles. The molecule has 2 aliphatic rings. The van der Waals surface area contributed by atoms with Gasteiger partial charge < -0.3 is 13.9 Å².